The summed E-state index contributed by atoms with van der Waals surface area (Å²) in [5.41, 5.74) is 5.54. The van der Waals surface area contributed by atoms with Gasteiger partial charge < -0.3 is 21.5 Å². The summed E-state index contributed by atoms with van der Waals surface area (Å²) in [4.78, 5) is 26.5. The Morgan fingerprint density at radius 2 is 2.21 bits per heavy atom. The maximum Gasteiger partial charge on any atom is 0.337 e. The van der Waals surface area contributed by atoms with Crippen LogP contribution in [0.1, 0.15) is 30.6 Å². The lowest BCUT2D eigenvalue weighted by molar-refractivity contribution is -0.121. The Kier molecular flexibility index (Phi) is 5.11. The summed E-state index contributed by atoms with van der Waals surface area (Å²) < 4.78 is 0. The van der Waals surface area contributed by atoms with Crippen LogP contribution in [-0.4, -0.2) is 34.6 Å². The lowest BCUT2D eigenvalue weighted by Crippen LogP contribution is -2.38. The van der Waals surface area contributed by atoms with Crippen molar-refractivity contribution < 1.29 is 14.7 Å². The van der Waals surface area contributed by atoms with E-state index in [9.17, 15) is 9.59 Å². The molecule has 19 heavy (non-hydrogen) atoms. The molecule has 1 atom stereocenters. The number of nitrogen functional groups attached to an aromatic ring is 1. The monoisotopic (exact) mass is 266 g/mol. The number of amides is 1. The first-order valence-corrected chi connectivity index (χ1v) is 5.98. The van der Waals surface area contributed by atoms with E-state index in [0.29, 0.717) is 12.4 Å². The third-order valence-electron chi connectivity index (χ3n) is 2.47. The molecule has 0 radical (unpaired) electrons. The van der Waals surface area contributed by atoms with Crippen molar-refractivity contribution in [2.75, 3.05) is 17.6 Å². The summed E-state index contributed by atoms with van der Waals surface area (Å²) >= 11 is 0. The molecule has 0 saturated carbocycles. The van der Waals surface area contributed by atoms with Crippen molar-refractivity contribution in [1.29, 1.82) is 0 Å². The van der Waals surface area contributed by atoms with Crippen LogP contribution in [0.5, 0.6) is 0 Å². The molecule has 1 aromatic rings. The van der Waals surface area contributed by atoms with Gasteiger partial charge in [-0.2, -0.15) is 0 Å². The molecule has 7 nitrogen and oxygen atoms in total. The van der Waals surface area contributed by atoms with E-state index in [4.69, 9.17) is 10.8 Å². The van der Waals surface area contributed by atoms with Crippen LogP contribution in [-0.2, 0) is 4.79 Å². The van der Waals surface area contributed by atoms with Gasteiger partial charge in [-0.05, 0) is 19.4 Å². The number of aromatic nitrogens is 1. The highest BCUT2D eigenvalue weighted by Gasteiger charge is 2.14. The zero-order chi connectivity index (χ0) is 14.4. The first-order chi connectivity index (χ1) is 8.95. The molecule has 1 heterocycles. The van der Waals surface area contributed by atoms with Crippen LogP contribution in [0.3, 0.4) is 0 Å². The molecule has 0 fully saturated rings. The molecule has 104 valence electrons. The van der Waals surface area contributed by atoms with Crippen molar-refractivity contribution in [2.45, 2.75) is 26.3 Å². The number of anilines is 2. The number of carboxylic acids is 1. The van der Waals surface area contributed by atoms with Crippen LogP contribution >= 0.6 is 0 Å². The molecular weight excluding hydrogens is 248 g/mol. The average molecular weight is 266 g/mol. The second kappa shape index (κ2) is 6.58. The van der Waals surface area contributed by atoms with Gasteiger partial charge in [0.1, 0.15) is 11.9 Å². The summed E-state index contributed by atoms with van der Waals surface area (Å²) in [5, 5.41) is 14.5. The predicted octanol–water partition coefficient (Wildman–Crippen LogP) is 0.689. The van der Waals surface area contributed by atoms with Crippen molar-refractivity contribution in [3.05, 3.63) is 17.8 Å². The van der Waals surface area contributed by atoms with E-state index in [1.165, 1.54) is 12.3 Å². The topological polar surface area (TPSA) is 117 Å². The van der Waals surface area contributed by atoms with Gasteiger partial charge in [0, 0.05) is 6.54 Å². The molecule has 1 rings (SSSR count). The summed E-state index contributed by atoms with van der Waals surface area (Å²) in [6, 6.07) is 0.797. The number of nitrogens with one attached hydrogen (secondary N) is 2. The molecule has 5 N–H and O–H groups in total. The van der Waals surface area contributed by atoms with E-state index in [-0.39, 0.29) is 17.2 Å². The van der Waals surface area contributed by atoms with Crippen LogP contribution < -0.4 is 16.4 Å². The molecule has 0 bridgehead atoms. The van der Waals surface area contributed by atoms with Gasteiger partial charge in [-0.15, -0.1) is 0 Å². The van der Waals surface area contributed by atoms with E-state index in [1.807, 2.05) is 6.92 Å². The van der Waals surface area contributed by atoms with Gasteiger partial charge in [-0.25, -0.2) is 9.78 Å². The Morgan fingerprint density at radius 3 is 2.79 bits per heavy atom. The number of carboxylic acid groups (broad SMARTS) is 1. The smallest absolute Gasteiger partial charge is 0.337 e. The third kappa shape index (κ3) is 4.13. The van der Waals surface area contributed by atoms with Crippen LogP contribution in [0.25, 0.3) is 0 Å². The number of aromatic carboxylic acids is 1. The molecule has 0 aliphatic heterocycles. The number of nitrogens with two attached hydrogens (primary N) is 1. The molecule has 0 aromatic carbocycles. The number of hydrogen-bond donors (Lipinski definition) is 4. The Hall–Kier alpha value is -2.31. The van der Waals surface area contributed by atoms with E-state index in [2.05, 4.69) is 15.6 Å². The second-order valence-corrected chi connectivity index (χ2v) is 4.12. The highest BCUT2D eigenvalue weighted by molar-refractivity contribution is 5.94. The van der Waals surface area contributed by atoms with Crippen LogP contribution in [0.15, 0.2) is 12.3 Å². The standard InChI is InChI=1S/C12H18N4O3/c1-3-4-14-11(17)7(2)16-10-5-8(12(18)19)9(13)6-15-10/h5-7H,3-4,13H2,1-2H3,(H,14,17)(H,15,16)(H,18,19). The van der Waals surface area contributed by atoms with Crippen LogP contribution in [0, 0.1) is 0 Å². The van der Waals surface area contributed by atoms with Crippen LogP contribution in [0.2, 0.25) is 0 Å². The first kappa shape index (κ1) is 14.7. The summed E-state index contributed by atoms with van der Waals surface area (Å²) in [6.07, 6.45) is 2.10. The van der Waals surface area contributed by atoms with Crippen molar-refractivity contribution in [2.24, 2.45) is 0 Å². The summed E-state index contributed by atoms with van der Waals surface area (Å²) in [5.74, 6) is -1.01. The molecule has 1 amide bonds. The fourth-order valence-corrected chi connectivity index (χ4v) is 1.42. The predicted molar refractivity (Wildman–Crippen MR) is 72.0 cm³/mol. The summed E-state index contributed by atoms with van der Waals surface area (Å²) in [6.45, 7) is 4.23. The number of carbonyl (C=O) groups is 2. The largest absolute Gasteiger partial charge is 0.478 e. The molecule has 0 spiro atoms. The number of pyridine rings is 1. The third-order valence-corrected chi connectivity index (χ3v) is 2.47. The number of hydrogen-bond acceptors (Lipinski definition) is 5. The van der Waals surface area contributed by atoms with Crippen molar-refractivity contribution >= 4 is 23.4 Å². The highest BCUT2D eigenvalue weighted by atomic mass is 16.4. The van der Waals surface area contributed by atoms with Crippen molar-refractivity contribution in [1.82, 2.24) is 10.3 Å². The zero-order valence-electron chi connectivity index (χ0n) is 10.9. The molecule has 7 heteroatoms. The average Bonchev–Trinajstić information content (AvgIpc) is 2.37. The number of nitrogens with zero attached hydrogens (tertiary/aromatic N) is 1. The van der Waals surface area contributed by atoms with Crippen molar-refractivity contribution in [3.63, 3.8) is 0 Å². The Labute approximate surface area is 111 Å². The number of rotatable bonds is 6. The van der Waals surface area contributed by atoms with Crippen LogP contribution in [0.4, 0.5) is 11.5 Å². The van der Waals surface area contributed by atoms with Crippen molar-refractivity contribution in [3.8, 4) is 0 Å². The lowest BCUT2D eigenvalue weighted by atomic mass is 10.2. The Morgan fingerprint density at radius 1 is 1.53 bits per heavy atom. The summed E-state index contributed by atoms with van der Waals surface area (Å²) in [7, 11) is 0. The van der Waals surface area contributed by atoms with Gasteiger partial charge in [0.2, 0.25) is 5.91 Å². The van der Waals surface area contributed by atoms with E-state index in [1.54, 1.807) is 6.92 Å². The molecule has 1 unspecified atom stereocenters. The Balaban J connectivity index is 2.74. The minimum Gasteiger partial charge on any atom is -0.478 e. The maximum atomic E-state index is 11.6. The maximum absolute atomic E-state index is 11.6. The zero-order valence-corrected chi connectivity index (χ0v) is 10.9. The second-order valence-electron chi connectivity index (χ2n) is 4.12. The first-order valence-electron chi connectivity index (χ1n) is 5.98. The molecule has 0 aliphatic rings. The van der Waals surface area contributed by atoms with E-state index in [0.717, 1.165) is 6.42 Å². The quantitative estimate of drug-likeness (QED) is 0.601. The molecule has 0 aliphatic carbocycles. The molecule has 1 aromatic heterocycles. The van der Waals surface area contributed by atoms with E-state index >= 15 is 0 Å². The van der Waals surface area contributed by atoms with Gasteiger partial charge in [0.25, 0.3) is 0 Å². The fourth-order valence-electron chi connectivity index (χ4n) is 1.42. The SMILES string of the molecule is CCCNC(=O)C(C)Nc1cc(C(=O)O)c(N)cn1. The molecular formula is C12H18N4O3. The van der Waals surface area contributed by atoms with Gasteiger partial charge in [0.15, 0.2) is 0 Å². The lowest BCUT2D eigenvalue weighted by Gasteiger charge is -2.14. The molecule has 0 saturated heterocycles. The van der Waals surface area contributed by atoms with Gasteiger partial charge >= 0.3 is 5.97 Å². The van der Waals surface area contributed by atoms with E-state index < -0.39 is 12.0 Å². The van der Waals surface area contributed by atoms with Gasteiger partial charge in [-0.1, -0.05) is 6.92 Å². The normalized spacial score (nSPS) is 11.7. The van der Waals surface area contributed by atoms with Gasteiger partial charge in [-0.3, -0.25) is 4.79 Å². The number of carbonyl (C=O) groups excluding carboxylic acids is 1. The highest BCUT2D eigenvalue weighted by Crippen LogP contribution is 2.15. The Bertz CT molecular complexity index is 476. The van der Waals surface area contributed by atoms with Gasteiger partial charge in [0.05, 0.1) is 17.4 Å². The minimum atomic E-state index is -1.13. The minimum absolute atomic E-state index is 0.0429. The fraction of sp³-hybridized carbons (Fsp3) is 0.417.